The van der Waals surface area contributed by atoms with Crippen LogP contribution in [0.1, 0.15) is 16.2 Å². The van der Waals surface area contributed by atoms with Gasteiger partial charge in [-0.15, -0.1) is 0 Å². The third-order valence-corrected chi connectivity index (χ3v) is 2.22. The summed E-state index contributed by atoms with van der Waals surface area (Å²) in [6, 6.07) is 2.56. The van der Waals surface area contributed by atoms with Crippen molar-refractivity contribution < 1.29 is 9.18 Å². The van der Waals surface area contributed by atoms with Gasteiger partial charge >= 0.3 is 0 Å². The molecule has 5 nitrogen and oxygen atoms in total. The molecule has 0 fully saturated rings. The molecule has 17 heavy (non-hydrogen) atoms. The van der Waals surface area contributed by atoms with E-state index in [0.717, 1.165) is 0 Å². The lowest BCUT2D eigenvalue weighted by Crippen LogP contribution is -2.14. The second-order valence-corrected chi connectivity index (χ2v) is 3.62. The Kier molecular flexibility index (Phi) is 2.86. The van der Waals surface area contributed by atoms with Crippen LogP contribution < -0.4 is 5.32 Å². The van der Waals surface area contributed by atoms with Crippen molar-refractivity contribution in [2.45, 2.75) is 6.92 Å². The molecular weight excluding hydrogens is 223 g/mol. The Hall–Kier alpha value is -2.24. The SMILES string of the molecule is Cc1nc(C(=O)Nc2cnn(C)c2)ccc1F. The van der Waals surface area contributed by atoms with E-state index in [4.69, 9.17) is 0 Å². The van der Waals surface area contributed by atoms with Crippen molar-refractivity contribution in [3.8, 4) is 0 Å². The minimum atomic E-state index is -0.428. The molecule has 2 aromatic heterocycles. The molecule has 2 aromatic rings. The lowest BCUT2D eigenvalue weighted by molar-refractivity contribution is 0.102. The molecule has 0 saturated carbocycles. The highest BCUT2D eigenvalue weighted by Gasteiger charge is 2.10. The Morgan fingerprint density at radius 2 is 2.24 bits per heavy atom. The van der Waals surface area contributed by atoms with Crippen LogP contribution in [0.4, 0.5) is 10.1 Å². The number of nitrogens with zero attached hydrogens (tertiary/aromatic N) is 3. The van der Waals surface area contributed by atoms with E-state index in [2.05, 4.69) is 15.4 Å². The van der Waals surface area contributed by atoms with Gasteiger partial charge in [-0.1, -0.05) is 0 Å². The van der Waals surface area contributed by atoms with Crippen LogP contribution in [0.2, 0.25) is 0 Å². The molecule has 0 radical (unpaired) electrons. The summed E-state index contributed by atoms with van der Waals surface area (Å²) in [6.07, 6.45) is 3.18. The van der Waals surface area contributed by atoms with Crippen molar-refractivity contribution in [3.05, 3.63) is 41.7 Å². The molecule has 0 spiro atoms. The molecule has 2 heterocycles. The van der Waals surface area contributed by atoms with Gasteiger partial charge in [0, 0.05) is 13.2 Å². The number of pyridine rings is 1. The van der Waals surface area contributed by atoms with E-state index in [1.165, 1.54) is 25.3 Å². The summed E-state index contributed by atoms with van der Waals surface area (Å²) in [5.41, 5.74) is 0.942. The van der Waals surface area contributed by atoms with Gasteiger partial charge in [0.25, 0.3) is 5.91 Å². The van der Waals surface area contributed by atoms with Crippen LogP contribution in [-0.4, -0.2) is 20.7 Å². The number of carbonyl (C=O) groups excluding carboxylic acids is 1. The second kappa shape index (κ2) is 4.32. The molecular formula is C11H11FN4O. The molecule has 88 valence electrons. The molecule has 2 rings (SSSR count). The topological polar surface area (TPSA) is 59.8 Å². The van der Waals surface area contributed by atoms with Crippen molar-refractivity contribution >= 4 is 11.6 Å². The van der Waals surface area contributed by atoms with Gasteiger partial charge in [0.15, 0.2) is 0 Å². The van der Waals surface area contributed by atoms with Gasteiger partial charge in [0.1, 0.15) is 11.5 Å². The van der Waals surface area contributed by atoms with E-state index >= 15 is 0 Å². The van der Waals surface area contributed by atoms with Gasteiger partial charge in [-0.2, -0.15) is 5.10 Å². The van der Waals surface area contributed by atoms with E-state index in [1.54, 1.807) is 17.9 Å². The smallest absolute Gasteiger partial charge is 0.274 e. The number of halogens is 1. The standard InChI is InChI=1S/C11H11FN4O/c1-7-9(12)3-4-10(14-7)11(17)15-8-5-13-16(2)6-8/h3-6H,1-2H3,(H,15,17). The number of aryl methyl sites for hydroxylation is 2. The molecule has 0 saturated heterocycles. The zero-order valence-corrected chi connectivity index (χ0v) is 9.44. The Morgan fingerprint density at radius 3 is 2.82 bits per heavy atom. The third kappa shape index (κ3) is 2.47. The zero-order chi connectivity index (χ0) is 12.4. The summed E-state index contributed by atoms with van der Waals surface area (Å²) in [4.78, 5) is 15.6. The largest absolute Gasteiger partial charge is 0.318 e. The maximum absolute atomic E-state index is 13.0. The van der Waals surface area contributed by atoms with E-state index in [-0.39, 0.29) is 17.3 Å². The third-order valence-electron chi connectivity index (χ3n) is 2.22. The minimum Gasteiger partial charge on any atom is -0.318 e. The highest BCUT2D eigenvalue weighted by Crippen LogP contribution is 2.08. The van der Waals surface area contributed by atoms with Crippen molar-refractivity contribution in [2.75, 3.05) is 5.32 Å². The maximum atomic E-state index is 13.0. The molecule has 0 aliphatic carbocycles. The fraction of sp³-hybridized carbons (Fsp3) is 0.182. The van der Waals surface area contributed by atoms with Gasteiger partial charge in [0.05, 0.1) is 17.6 Å². The van der Waals surface area contributed by atoms with Crippen LogP contribution in [0.5, 0.6) is 0 Å². The number of amides is 1. The lowest BCUT2D eigenvalue weighted by atomic mass is 10.3. The molecule has 1 amide bonds. The van der Waals surface area contributed by atoms with Crippen molar-refractivity contribution in [1.29, 1.82) is 0 Å². The normalized spacial score (nSPS) is 10.3. The van der Waals surface area contributed by atoms with E-state index < -0.39 is 5.82 Å². The summed E-state index contributed by atoms with van der Waals surface area (Å²) < 4.78 is 14.6. The van der Waals surface area contributed by atoms with Crippen LogP contribution in [0.25, 0.3) is 0 Å². The van der Waals surface area contributed by atoms with E-state index in [1.807, 2.05) is 0 Å². The summed E-state index contributed by atoms with van der Waals surface area (Å²) in [5.74, 6) is -0.816. The van der Waals surface area contributed by atoms with Gasteiger partial charge in [-0.25, -0.2) is 9.37 Å². The van der Waals surface area contributed by atoms with Gasteiger partial charge < -0.3 is 5.32 Å². The van der Waals surface area contributed by atoms with Crippen molar-refractivity contribution in [2.24, 2.45) is 7.05 Å². The number of carbonyl (C=O) groups is 1. The number of aromatic nitrogens is 3. The fourth-order valence-electron chi connectivity index (χ4n) is 1.35. The maximum Gasteiger partial charge on any atom is 0.274 e. The highest BCUT2D eigenvalue weighted by molar-refractivity contribution is 6.02. The van der Waals surface area contributed by atoms with Gasteiger partial charge in [0.2, 0.25) is 0 Å². The summed E-state index contributed by atoms with van der Waals surface area (Å²) in [5, 5.41) is 6.54. The molecule has 0 unspecified atom stereocenters. The monoisotopic (exact) mass is 234 g/mol. The zero-order valence-electron chi connectivity index (χ0n) is 9.44. The molecule has 0 aliphatic rings. The number of anilines is 1. The van der Waals surface area contributed by atoms with Crippen molar-refractivity contribution in [3.63, 3.8) is 0 Å². The first-order chi connectivity index (χ1) is 8.06. The molecule has 0 atom stereocenters. The van der Waals surface area contributed by atoms with E-state index in [9.17, 15) is 9.18 Å². The number of hydrogen-bond donors (Lipinski definition) is 1. The van der Waals surface area contributed by atoms with Crippen LogP contribution in [0.15, 0.2) is 24.5 Å². The Balaban J connectivity index is 2.17. The average Bonchev–Trinajstić information content (AvgIpc) is 2.68. The molecule has 6 heteroatoms. The van der Waals surface area contributed by atoms with Gasteiger partial charge in [-0.05, 0) is 19.1 Å². The first-order valence-corrected chi connectivity index (χ1v) is 4.99. The first-order valence-electron chi connectivity index (χ1n) is 4.99. The Morgan fingerprint density at radius 1 is 1.47 bits per heavy atom. The van der Waals surface area contributed by atoms with Crippen LogP contribution in [-0.2, 0) is 7.05 Å². The predicted molar refractivity (Wildman–Crippen MR) is 60.1 cm³/mol. The Bertz CT molecular complexity index is 564. The quantitative estimate of drug-likeness (QED) is 0.856. The van der Waals surface area contributed by atoms with E-state index in [0.29, 0.717) is 5.69 Å². The summed E-state index contributed by atoms with van der Waals surface area (Å²) >= 11 is 0. The lowest BCUT2D eigenvalue weighted by Gasteiger charge is -2.02. The number of rotatable bonds is 2. The molecule has 0 bridgehead atoms. The predicted octanol–water partition coefficient (Wildman–Crippen LogP) is 1.51. The fourth-order valence-corrected chi connectivity index (χ4v) is 1.35. The van der Waals surface area contributed by atoms with Crippen LogP contribution in [0, 0.1) is 12.7 Å². The second-order valence-electron chi connectivity index (χ2n) is 3.62. The van der Waals surface area contributed by atoms with Crippen LogP contribution in [0.3, 0.4) is 0 Å². The average molecular weight is 234 g/mol. The highest BCUT2D eigenvalue weighted by atomic mass is 19.1. The summed E-state index contributed by atoms with van der Waals surface area (Å²) in [6.45, 7) is 1.51. The molecule has 0 aliphatic heterocycles. The summed E-state index contributed by atoms with van der Waals surface area (Å²) in [7, 11) is 1.75. The molecule has 1 N–H and O–H groups in total. The van der Waals surface area contributed by atoms with Gasteiger partial charge in [-0.3, -0.25) is 9.48 Å². The Labute approximate surface area is 97.3 Å². The number of hydrogen-bond acceptors (Lipinski definition) is 3. The first kappa shape index (κ1) is 11.3. The van der Waals surface area contributed by atoms with Crippen molar-refractivity contribution in [1.82, 2.24) is 14.8 Å². The minimum absolute atomic E-state index is 0.174. The molecule has 0 aromatic carbocycles. The number of nitrogens with one attached hydrogen (secondary N) is 1. The van der Waals surface area contributed by atoms with Crippen LogP contribution >= 0.6 is 0 Å².